The minimum absolute atomic E-state index is 0.0205. The third-order valence-corrected chi connectivity index (χ3v) is 4.05. The van der Waals surface area contributed by atoms with Crippen LogP contribution in [-0.4, -0.2) is 39.6 Å². The molecule has 0 aliphatic rings. The van der Waals surface area contributed by atoms with E-state index < -0.39 is 28.0 Å². The molecule has 23 heavy (non-hydrogen) atoms. The maximum Gasteiger partial charge on any atom is 0.335 e. The van der Waals surface area contributed by atoms with Crippen LogP contribution in [0, 0.1) is 11.3 Å². The Morgan fingerprint density at radius 3 is 2.00 bits per heavy atom. The molecule has 0 saturated carbocycles. The molecule has 0 bridgehead atoms. The molecule has 124 valence electrons. The highest BCUT2D eigenvalue weighted by atomic mass is 32.2. The number of nitrogens with one attached hydrogen (secondary N) is 1. The van der Waals surface area contributed by atoms with Gasteiger partial charge in [0.15, 0.2) is 0 Å². The van der Waals surface area contributed by atoms with E-state index in [9.17, 15) is 18.0 Å². The van der Waals surface area contributed by atoms with E-state index in [1.54, 1.807) is 0 Å². The lowest BCUT2D eigenvalue weighted by Crippen LogP contribution is -2.48. The van der Waals surface area contributed by atoms with Gasteiger partial charge in [-0.1, -0.05) is 0 Å². The van der Waals surface area contributed by atoms with Gasteiger partial charge in [-0.3, -0.25) is 0 Å². The summed E-state index contributed by atoms with van der Waals surface area (Å²) in [4.78, 5) is 23.4. The molecule has 0 radical (unpaired) electrons. The molecule has 0 aliphatic carbocycles. The van der Waals surface area contributed by atoms with E-state index in [4.69, 9.17) is 5.26 Å². The van der Waals surface area contributed by atoms with E-state index in [-0.39, 0.29) is 23.7 Å². The van der Waals surface area contributed by atoms with Gasteiger partial charge in [0, 0.05) is 0 Å². The summed E-state index contributed by atoms with van der Waals surface area (Å²) in [6, 6.07) is 5.04. The maximum absolute atomic E-state index is 12.3. The molecule has 1 aromatic carbocycles. The number of nitriles is 1. The number of sulfonamides is 1. The fraction of sp³-hybridized carbons (Fsp3) is 0.357. The first-order valence-electron chi connectivity index (χ1n) is 6.71. The van der Waals surface area contributed by atoms with Crippen LogP contribution in [0.5, 0.6) is 0 Å². The number of hydrogen-bond acceptors (Lipinski definition) is 7. The van der Waals surface area contributed by atoms with Gasteiger partial charge in [0.25, 0.3) is 0 Å². The Labute approximate surface area is 134 Å². The van der Waals surface area contributed by atoms with Crippen molar-refractivity contribution in [2.45, 2.75) is 24.8 Å². The first-order valence-corrected chi connectivity index (χ1v) is 8.19. The molecule has 1 rings (SSSR count). The van der Waals surface area contributed by atoms with Crippen molar-refractivity contribution in [3.63, 3.8) is 0 Å². The first-order chi connectivity index (χ1) is 10.9. The molecular formula is C14H16N2O6S. The zero-order valence-corrected chi connectivity index (χ0v) is 13.4. The van der Waals surface area contributed by atoms with Gasteiger partial charge in [-0.05, 0) is 38.1 Å². The van der Waals surface area contributed by atoms with E-state index in [0.29, 0.717) is 0 Å². The summed E-state index contributed by atoms with van der Waals surface area (Å²) < 4.78 is 35.8. The van der Waals surface area contributed by atoms with Crippen LogP contribution in [0.25, 0.3) is 0 Å². The summed E-state index contributed by atoms with van der Waals surface area (Å²) in [6.45, 7) is 3.01. The highest BCUT2D eigenvalue weighted by Gasteiger charge is 2.34. The molecule has 9 heteroatoms. The van der Waals surface area contributed by atoms with Crippen LogP contribution < -0.4 is 4.72 Å². The Kier molecular flexibility index (Phi) is 6.68. The number of benzene rings is 1. The minimum Gasteiger partial charge on any atom is -0.464 e. The van der Waals surface area contributed by atoms with Crippen LogP contribution in [0.2, 0.25) is 0 Å². The molecule has 0 spiro atoms. The molecule has 0 fully saturated rings. The topological polar surface area (TPSA) is 123 Å². The summed E-state index contributed by atoms with van der Waals surface area (Å²) in [7, 11) is -4.17. The van der Waals surface area contributed by atoms with Crippen LogP contribution in [0.15, 0.2) is 29.2 Å². The molecule has 1 N–H and O–H groups in total. The molecule has 0 heterocycles. The zero-order valence-electron chi connectivity index (χ0n) is 12.6. The number of carbonyl (C=O) groups excluding carboxylic acids is 2. The Hall–Kier alpha value is -2.44. The lowest BCUT2D eigenvalue weighted by Gasteiger charge is -2.16. The fourth-order valence-corrected chi connectivity index (χ4v) is 2.71. The first kappa shape index (κ1) is 18.6. The molecule has 0 aliphatic heterocycles. The molecule has 0 aromatic heterocycles. The molecule has 0 saturated heterocycles. The number of rotatable bonds is 7. The highest BCUT2D eigenvalue weighted by Crippen LogP contribution is 2.11. The standard InChI is InChI=1S/C14H16N2O6S/c1-3-21-13(17)12(14(18)22-4-2)16-23(19,20)11-7-5-10(9-15)6-8-11/h5-8,12,16H,3-4H2,1-2H3. The van der Waals surface area contributed by atoms with Crippen molar-refractivity contribution < 1.29 is 27.5 Å². The third-order valence-electron chi connectivity index (χ3n) is 2.61. The van der Waals surface area contributed by atoms with E-state index in [1.807, 2.05) is 10.8 Å². The average molecular weight is 340 g/mol. The van der Waals surface area contributed by atoms with Crippen molar-refractivity contribution in [3.05, 3.63) is 29.8 Å². The van der Waals surface area contributed by atoms with Gasteiger partial charge in [0.1, 0.15) is 0 Å². The third kappa shape index (κ3) is 5.05. The SMILES string of the molecule is CCOC(=O)C(NS(=O)(=O)c1ccc(C#N)cc1)C(=O)OCC. The quantitative estimate of drug-likeness (QED) is 0.560. The molecular weight excluding hydrogens is 324 g/mol. The van der Waals surface area contributed by atoms with E-state index in [0.717, 1.165) is 0 Å². The number of hydrogen-bond donors (Lipinski definition) is 1. The van der Waals surface area contributed by atoms with Crippen molar-refractivity contribution >= 4 is 22.0 Å². The number of esters is 2. The number of carbonyl (C=O) groups is 2. The molecule has 8 nitrogen and oxygen atoms in total. The smallest absolute Gasteiger partial charge is 0.335 e. The van der Waals surface area contributed by atoms with Gasteiger partial charge in [0.2, 0.25) is 16.1 Å². The van der Waals surface area contributed by atoms with Crippen molar-refractivity contribution in [1.29, 1.82) is 5.26 Å². The van der Waals surface area contributed by atoms with Gasteiger partial charge in [0.05, 0.1) is 29.7 Å². The molecule has 0 unspecified atom stereocenters. The van der Waals surface area contributed by atoms with E-state index in [1.165, 1.54) is 38.1 Å². The summed E-state index contributed by atoms with van der Waals surface area (Å²) in [5.74, 6) is -2.11. The lowest BCUT2D eigenvalue weighted by atomic mass is 10.2. The van der Waals surface area contributed by atoms with Crippen molar-refractivity contribution in [1.82, 2.24) is 4.72 Å². The summed E-state index contributed by atoms with van der Waals surface area (Å²) in [5.41, 5.74) is 0.274. The normalized spacial score (nSPS) is 10.9. The van der Waals surface area contributed by atoms with Gasteiger partial charge in [-0.2, -0.15) is 9.98 Å². The number of ether oxygens (including phenoxy) is 2. The van der Waals surface area contributed by atoms with Crippen LogP contribution in [0.4, 0.5) is 0 Å². The second-order valence-corrected chi connectivity index (χ2v) is 5.91. The van der Waals surface area contributed by atoms with E-state index in [2.05, 4.69) is 9.47 Å². The maximum atomic E-state index is 12.3. The van der Waals surface area contributed by atoms with E-state index >= 15 is 0 Å². The largest absolute Gasteiger partial charge is 0.464 e. The van der Waals surface area contributed by atoms with Gasteiger partial charge < -0.3 is 9.47 Å². The van der Waals surface area contributed by atoms with Crippen molar-refractivity contribution in [3.8, 4) is 6.07 Å². The van der Waals surface area contributed by atoms with Crippen LogP contribution in [0.1, 0.15) is 19.4 Å². The second kappa shape index (κ2) is 8.26. The van der Waals surface area contributed by atoms with Crippen molar-refractivity contribution in [2.24, 2.45) is 0 Å². The number of nitrogens with zero attached hydrogens (tertiary/aromatic N) is 1. The highest BCUT2D eigenvalue weighted by molar-refractivity contribution is 7.89. The predicted octanol–water partition coefficient (Wildman–Crippen LogP) is 0.331. The monoisotopic (exact) mass is 340 g/mol. The van der Waals surface area contributed by atoms with Gasteiger partial charge in [-0.15, -0.1) is 0 Å². The lowest BCUT2D eigenvalue weighted by molar-refractivity contribution is -0.157. The average Bonchev–Trinajstić information content (AvgIpc) is 2.53. The predicted molar refractivity (Wildman–Crippen MR) is 78.5 cm³/mol. The van der Waals surface area contributed by atoms with Crippen LogP contribution in [-0.2, 0) is 29.1 Å². The van der Waals surface area contributed by atoms with Gasteiger partial charge >= 0.3 is 11.9 Å². The van der Waals surface area contributed by atoms with Crippen LogP contribution >= 0.6 is 0 Å². The van der Waals surface area contributed by atoms with Gasteiger partial charge in [-0.25, -0.2) is 18.0 Å². The minimum atomic E-state index is -4.17. The Morgan fingerprint density at radius 2 is 1.61 bits per heavy atom. The van der Waals surface area contributed by atoms with Crippen molar-refractivity contribution in [2.75, 3.05) is 13.2 Å². The Balaban J connectivity index is 3.06. The molecule has 0 amide bonds. The Bertz CT molecular complexity index is 688. The van der Waals surface area contributed by atoms with Crippen LogP contribution in [0.3, 0.4) is 0 Å². The summed E-state index contributed by atoms with van der Waals surface area (Å²) in [6.07, 6.45) is 0. The second-order valence-electron chi connectivity index (χ2n) is 4.19. The summed E-state index contributed by atoms with van der Waals surface area (Å²) in [5, 5.41) is 8.70. The Morgan fingerprint density at radius 1 is 1.13 bits per heavy atom. The zero-order chi connectivity index (χ0) is 17.5. The fourth-order valence-electron chi connectivity index (χ4n) is 1.58. The molecule has 1 aromatic rings. The summed E-state index contributed by atoms with van der Waals surface area (Å²) >= 11 is 0. The molecule has 0 atom stereocenters.